The van der Waals surface area contributed by atoms with Crippen LogP contribution in [0.5, 0.6) is 5.88 Å². The zero-order chi connectivity index (χ0) is 23.1. The number of alkyl halides is 5. The topological polar surface area (TPSA) is 72.4 Å². The molecule has 6 nitrogen and oxygen atoms in total. The predicted molar refractivity (Wildman–Crippen MR) is 106 cm³/mol. The third-order valence-corrected chi connectivity index (χ3v) is 6.67. The molecule has 0 bridgehead atoms. The van der Waals surface area contributed by atoms with Crippen LogP contribution in [0.1, 0.15) is 17.6 Å². The van der Waals surface area contributed by atoms with Crippen molar-refractivity contribution in [1.82, 2.24) is 9.97 Å². The summed E-state index contributed by atoms with van der Waals surface area (Å²) in [6.45, 7) is -1.60. The monoisotopic (exact) mass is 473 g/mol. The van der Waals surface area contributed by atoms with Gasteiger partial charge in [-0.1, -0.05) is 24.3 Å². The molecule has 1 aliphatic rings. The first-order chi connectivity index (χ1) is 15.0. The molecule has 0 saturated heterocycles. The van der Waals surface area contributed by atoms with Crippen LogP contribution < -0.4 is 9.64 Å². The van der Waals surface area contributed by atoms with E-state index in [9.17, 15) is 30.4 Å². The van der Waals surface area contributed by atoms with E-state index in [2.05, 4.69) is 9.97 Å². The number of fused-ring (bicyclic) bond motifs is 2. The van der Waals surface area contributed by atoms with Crippen molar-refractivity contribution in [2.45, 2.75) is 24.0 Å². The molecule has 1 aliphatic heterocycles. The van der Waals surface area contributed by atoms with E-state index in [1.165, 1.54) is 17.0 Å². The average Bonchev–Trinajstić information content (AvgIpc) is 2.87. The van der Waals surface area contributed by atoms with E-state index in [-0.39, 0.29) is 40.6 Å². The SMILES string of the molecule is O=S1(=O)CCN(c2nc(OCC(F)(F)F)c3cc(C(F)F)ccc3n2)Cc2ccccc21. The van der Waals surface area contributed by atoms with Gasteiger partial charge in [-0.3, -0.25) is 0 Å². The van der Waals surface area contributed by atoms with E-state index in [4.69, 9.17) is 4.74 Å². The van der Waals surface area contributed by atoms with Gasteiger partial charge in [0.1, 0.15) is 0 Å². The second-order valence-electron chi connectivity index (χ2n) is 7.16. The standard InChI is InChI=1S/C20H16F5N3O3S/c21-17(22)12-5-6-15-14(9-12)18(31-11-20(23,24)25)27-19(26-15)28-7-8-32(29,30)16-4-2-1-3-13(16)10-28/h1-6,9,17H,7-8,10-11H2. The Morgan fingerprint density at radius 2 is 1.84 bits per heavy atom. The second-order valence-corrected chi connectivity index (χ2v) is 9.24. The highest BCUT2D eigenvalue weighted by molar-refractivity contribution is 7.91. The number of benzene rings is 2. The van der Waals surface area contributed by atoms with Crippen molar-refractivity contribution < 1.29 is 35.1 Å². The quantitative estimate of drug-likeness (QED) is 0.526. The fourth-order valence-electron chi connectivity index (χ4n) is 3.38. The molecule has 0 unspecified atom stereocenters. The summed E-state index contributed by atoms with van der Waals surface area (Å²) in [5.74, 6) is -0.828. The minimum atomic E-state index is -4.67. The molecule has 0 amide bonds. The van der Waals surface area contributed by atoms with Gasteiger partial charge in [-0.15, -0.1) is 0 Å². The van der Waals surface area contributed by atoms with Crippen LogP contribution >= 0.6 is 0 Å². The van der Waals surface area contributed by atoms with Crippen LogP contribution in [0, 0.1) is 0 Å². The Bertz CT molecular complexity index is 1270. The van der Waals surface area contributed by atoms with Crippen LogP contribution in [0.3, 0.4) is 0 Å². The Morgan fingerprint density at radius 3 is 2.56 bits per heavy atom. The fourth-order valence-corrected chi connectivity index (χ4v) is 4.88. The van der Waals surface area contributed by atoms with Crippen molar-refractivity contribution in [3.8, 4) is 5.88 Å². The first kappa shape index (κ1) is 22.2. The molecule has 12 heteroatoms. The minimum absolute atomic E-state index is 0.0175. The van der Waals surface area contributed by atoms with Crippen LogP contribution in [-0.4, -0.2) is 43.5 Å². The lowest BCUT2D eigenvalue weighted by Crippen LogP contribution is -2.28. The van der Waals surface area contributed by atoms with E-state index >= 15 is 0 Å². The van der Waals surface area contributed by atoms with Gasteiger partial charge in [0.25, 0.3) is 6.43 Å². The summed E-state index contributed by atoms with van der Waals surface area (Å²) < 4.78 is 94.4. The molecule has 0 N–H and O–H groups in total. The number of aromatic nitrogens is 2. The Labute approximate surface area is 179 Å². The molecule has 0 spiro atoms. The van der Waals surface area contributed by atoms with Gasteiger partial charge in [0.2, 0.25) is 11.8 Å². The van der Waals surface area contributed by atoms with E-state index in [1.54, 1.807) is 18.2 Å². The minimum Gasteiger partial charge on any atom is -0.467 e. The molecule has 0 fully saturated rings. The highest BCUT2D eigenvalue weighted by Gasteiger charge is 2.30. The maximum absolute atomic E-state index is 13.1. The van der Waals surface area contributed by atoms with Crippen LogP contribution in [0.4, 0.5) is 27.9 Å². The lowest BCUT2D eigenvalue weighted by molar-refractivity contribution is -0.153. The number of nitrogens with zero attached hydrogens (tertiary/aromatic N) is 3. The number of hydrogen-bond acceptors (Lipinski definition) is 6. The van der Waals surface area contributed by atoms with Crippen molar-refractivity contribution in [3.05, 3.63) is 53.6 Å². The highest BCUT2D eigenvalue weighted by Crippen LogP contribution is 2.32. The maximum atomic E-state index is 13.1. The van der Waals surface area contributed by atoms with Crippen LogP contribution in [0.2, 0.25) is 0 Å². The van der Waals surface area contributed by atoms with E-state index in [0.29, 0.717) is 5.56 Å². The van der Waals surface area contributed by atoms with Gasteiger partial charge in [-0.05, 0) is 23.8 Å². The van der Waals surface area contributed by atoms with E-state index in [1.807, 2.05) is 0 Å². The summed E-state index contributed by atoms with van der Waals surface area (Å²) in [7, 11) is -3.58. The molecule has 2 aromatic carbocycles. The van der Waals surface area contributed by atoms with Crippen LogP contribution in [-0.2, 0) is 16.4 Å². The van der Waals surface area contributed by atoms with E-state index in [0.717, 1.165) is 12.1 Å². The molecule has 0 aliphatic carbocycles. The Balaban J connectivity index is 1.80. The predicted octanol–water partition coefficient (Wildman–Crippen LogP) is 4.30. The van der Waals surface area contributed by atoms with Gasteiger partial charge >= 0.3 is 6.18 Å². The van der Waals surface area contributed by atoms with Crippen molar-refractivity contribution >= 4 is 26.7 Å². The number of anilines is 1. The summed E-state index contributed by atoms with van der Waals surface area (Å²) in [5, 5.41) is -0.0985. The summed E-state index contributed by atoms with van der Waals surface area (Å²) in [4.78, 5) is 9.99. The van der Waals surface area contributed by atoms with Gasteiger partial charge in [0.15, 0.2) is 16.4 Å². The Morgan fingerprint density at radius 1 is 1.09 bits per heavy atom. The zero-order valence-electron chi connectivity index (χ0n) is 16.3. The van der Waals surface area contributed by atoms with Crippen molar-refractivity contribution in [2.75, 3.05) is 23.8 Å². The Kier molecular flexibility index (Phi) is 5.65. The third kappa shape index (κ3) is 4.59. The third-order valence-electron chi connectivity index (χ3n) is 4.88. The number of hydrogen-bond donors (Lipinski definition) is 0. The van der Waals surface area contributed by atoms with Gasteiger partial charge in [0, 0.05) is 18.7 Å². The van der Waals surface area contributed by atoms with Gasteiger partial charge < -0.3 is 9.64 Å². The molecule has 1 aromatic heterocycles. The molecule has 170 valence electrons. The first-order valence-electron chi connectivity index (χ1n) is 9.38. The number of ether oxygens (including phenoxy) is 1. The largest absolute Gasteiger partial charge is 0.467 e. The highest BCUT2D eigenvalue weighted by atomic mass is 32.2. The molecular formula is C20H16F5N3O3S. The molecule has 32 heavy (non-hydrogen) atoms. The molecule has 0 saturated carbocycles. The molecular weight excluding hydrogens is 457 g/mol. The number of rotatable bonds is 4. The van der Waals surface area contributed by atoms with Crippen LogP contribution in [0.15, 0.2) is 47.4 Å². The molecule has 4 rings (SSSR count). The lowest BCUT2D eigenvalue weighted by atomic mass is 10.1. The fraction of sp³-hybridized carbons (Fsp3) is 0.300. The smallest absolute Gasteiger partial charge is 0.422 e. The second kappa shape index (κ2) is 8.15. The molecule has 2 heterocycles. The summed E-state index contributed by atoms with van der Waals surface area (Å²) >= 11 is 0. The van der Waals surface area contributed by atoms with Crippen molar-refractivity contribution in [1.29, 1.82) is 0 Å². The number of sulfone groups is 1. The number of halogens is 5. The van der Waals surface area contributed by atoms with Gasteiger partial charge in [-0.2, -0.15) is 18.2 Å². The van der Waals surface area contributed by atoms with Crippen molar-refractivity contribution in [3.63, 3.8) is 0 Å². The molecule has 3 aromatic rings. The molecule has 0 atom stereocenters. The van der Waals surface area contributed by atoms with Crippen molar-refractivity contribution in [2.24, 2.45) is 0 Å². The zero-order valence-corrected chi connectivity index (χ0v) is 17.1. The Hall–Kier alpha value is -3.02. The van der Waals surface area contributed by atoms with Gasteiger partial charge in [-0.25, -0.2) is 22.2 Å². The summed E-state index contributed by atoms with van der Waals surface area (Å²) in [6.07, 6.45) is -7.52. The van der Waals surface area contributed by atoms with Gasteiger partial charge in [0.05, 0.1) is 21.6 Å². The van der Waals surface area contributed by atoms with E-state index < -0.39 is 40.5 Å². The average molecular weight is 473 g/mol. The maximum Gasteiger partial charge on any atom is 0.422 e. The summed E-state index contributed by atoms with van der Waals surface area (Å²) in [5.41, 5.74) is 0.164. The normalized spacial score (nSPS) is 16.1. The molecule has 0 radical (unpaired) electrons. The first-order valence-corrected chi connectivity index (χ1v) is 11.0. The van der Waals surface area contributed by atoms with Crippen LogP contribution in [0.25, 0.3) is 10.9 Å². The summed E-state index contributed by atoms with van der Waals surface area (Å²) in [6, 6.07) is 9.72. The lowest BCUT2D eigenvalue weighted by Gasteiger charge is -2.22.